The number of amides is 1. The van der Waals surface area contributed by atoms with E-state index in [1.165, 1.54) is 6.33 Å². The van der Waals surface area contributed by atoms with E-state index in [0.29, 0.717) is 24.5 Å². The number of carbonyl (C=O) groups is 1. The van der Waals surface area contributed by atoms with Gasteiger partial charge in [-0.15, -0.1) is 0 Å². The maximum Gasteiger partial charge on any atom is 0.270 e. The molecule has 0 aliphatic rings. The Labute approximate surface area is 142 Å². The number of nitrogens with zero attached hydrogens (tertiary/aromatic N) is 2. The molecule has 0 bridgehead atoms. The van der Waals surface area contributed by atoms with Crippen LogP contribution in [0.2, 0.25) is 0 Å². The predicted octanol–water partition coefficient (Wildman–Crippen LogP) is 2.67. The molecule has 0 aliphatic heterocycles. The minimum atomic E-state index is -0.203. The summed E-state index contributed by atoms with van der Waals surface area (Å²) in [6.45, 7) is 3.48. The van der Waals surface area contributed by atoms with Crippen LogP contribution in [-0.4, -0.2) is 36.1 Å². The molecule has 128 valence electrons. The molecule has 1 amide bonds. The topological polar surface area (TPSA) is 76.1 Å². The van der Waals surface area contributed by atoms with Gasteiger partial charge in [0.1, 0.15) is 23.6 Å². The van der Waals surface area contributed by atoms with E-state index < -0.39 is 0 Å². The molecular formula is C18H24N4O2. The van der Waals surface area contributed by atoms with Crippen molar-refractivity contribution >= 4 is 11.7 Å². The Hall–Kier alpha value is -2.63. The lowest BCUT2D eigenvalue weighted by Crippen LogP contribution is -2.26. The molecule has 0 radical (unpaired) electrons. The van der Waals surface area contributed by atoms with Crippen molar-refractivity contribution in [2.75, 3.05) is 25.5 Å². The number of hydrogen-bond donors (Lipinski definition) is 2. The third kappa shape index (κ3) is 5.22. The highest BCUT2D eigenvalue weighted by molar-refractivity contribution is 5.92. The Kier molecular flexibility index (Phi) is 7.01. The maximum absolute atomic E-state index is 12.2. The summed E-state index contributed by atoms with van der Waals surface area (Å²) in [5, 5.41) is 6.07. The van der Waals surface area contributed by atoms with Gasteiger partial charge in [-0.1, -0.05) is 31.5 Å². The SMILES string of the molecule is CCCCNc1cc(C(=O)NCCc2ccccc2OC)ncn1. The summed E-state index contributed by atoms with van der Waals surface area (Å²) in [6.07, 6.45) is 4.27. The molecule has 6 nitrogen and oxygen atoms in total. The largest absolute Gasteiger partial charge is 0.496 e. The molecule has 0 unspecified atom stereocenters. The zero-order chi connectivity index (χ0) is 17.2. The van der Waals surface area contributed by atoms with Crippen molar-refractivity contribution in [3.8, 4) is 5.75 Å². The minimum absolute atomic E-state index is 0.203. The van der Waals surface area contributed by atoms with Crippen molar-refractivity contribution in [2.24, 2.45) is 0 Å². The van der Waals surface area contributed by atoms with Crippen LogP contribution >= 0.6 is 0 Å². The first-order valence-electron chi connectivity index (χ1n) is 8.20. The van der Waals surface area contributed by atoms with Gasteiger partial charge in [-0.3, -0.25) is 4.79 Å². The van der Waals surface area contributed by atoms with Gasteiger partial charge >= 0.3 is 0 Å². The van der Waals surface area contributed by atoms with E-state index in [-0.39, 0.29) is 5.91 Å². The number of rotatable bonds is 9. The standard InChI is InChI=1S/C18H24N4O2/c1-3-4-10-19-17-12-15(21-13-22-17)18(23)20-11-9-14-7-5-6-8-16(14)24-2/h5-8,12-13H,3-4,9-11H2,1-2H3,(H,20,23)(H,19,21,22). The molecule has 0 fully saturated rings. The van der Waals surface area contributed by atoms with E-state index in [1.807, 2.05) is 24.3 Å². The highest BCUT2D eigenvalue weighted by atomic mass is 16.5. The van der Waals surface area contributed by atoms with E-state index in [2.05, 4.69) is 27.5 Å². The smallest absolute Gasteiger partial charge is 0.270 e. The number of anilines is 1. The van der Waals surface area contributed by atoms with Gasteiger partial charge < -0.3 is 15.4 Å². The van der Waals surface area contributed by atoms with Crippen LogP contribution in [0.25, 0.3) is 0 Å². The molecule has 0 saturated carbocycles. The summed E-state index contributed by atoms with van der Waals surface area (Å²) in [6, 6.07) is 9.46. The molecule has 0 spiro atoms. The average Bonchev–Trinajstić information content (AvgIpc) is 2.62. The molecule has 0 atom stereocenters. The lowest BCUT2D eigenvalue weighted by Gasteiger charge is -2.09. The number of carbonyl (C=O) groups excluding carboxylic acids is 1. The van der Waals surface area contributed by atoms with Crippen molar-refractivity contribution < 1.29 is 9.53 Å². The summed E-state index contributed by atoms with van der Waals surface area (Å²) in [4.78, 5) is 20.4. The van der Waals surface area contributed by atoms with Gasteiger partial charge in [-0.05, 0) is 24.5 Å². The van der Waals surface area contributed by atoms with Crippen LogP contribution in [0.4, 0.5) is 5.82 Å². The number of nitrogens with one attached hydrogen (secondary N) is 2. The Morgan fingerprint density at radius 2 is 2.04 bits per heavy atom. The maximum atomic E-state index is 12.2. The van der Waals surface area contributed by atoms with Gasteiger partial charge in [0.15, 0.2) is 0 Å². The van der Waals surface area contributed by atoms with Crippen molar-refractivity contribution in [3.63, 3.8) is 0 Å². The second-order valence-electron chi connectivity index (χ2n) is 5.39. The normalized spacial score (nSPS) is 10.2. The van der Waals surface area contributed by atoms with Crippen LogP contribution in [-0.2, 0) is 6.42 Å². The average molecular weight is 328 g/mol. The lowest BCUT2D eigenvalue weighted by atomic mass is 10.1. The zero-order valence-corrected chi connectivity index (χ0v) is 14.2. The lowest BCUT2D eigenvalue weighted by molar-refractivity contribution is 0.0949. The second-order valence-corrected chi connectivity index (χ2v) is 5.39. The van der Waals surface area contributed by atoms with Crippen molar-refractivity contribution in [1.29, 1.82) is 0 Å². The van der Waals surface area contributed by atoms with Gasteiger partial charge in [-0.2, -0.15) is 0 Å². The fraction of sp³-hybridized carbons (Fsp3) is 0.389. The second kappa shape index (κ2) is 9.50. The molecule has 1 aromatic heterocycles. The fourth-order valence-corrected chi connectivity index (χ4v) is 2.28. The number of para-hydroxylation sites is 1. The third-order valence-electron chi connectivity index (χ3n) is 3.61. The monoisotopic (exact) mass is 328 g/mol. The van der Waals surface area contributed by atoms with Crippen LogP contribution in [0.5, 0.6) is 5.75 Å². The van der Waals surface area contributed by atoms with Crippen LogP contribution < -0.4 is 15.4 Å². The Morgan fingerprint density at radius 3 is 2.83 bits per heavy atom. The summed E-state index contributed by atoms with van der Waals surface area (Å²) < 4.78 is 5.31. The molecule has 2 rings (SSSR count). The van der Waals surface area contributed by atoms with Crippen molar-refractivity contribution in [1.82, 2.24) is 15.3 Å². The number of benzene rings is 1. The first kappa shape index (κ1) is 17.7. The van der Waals surface area contributed by atoms with E-state index >= 15 is 0 Å². The summed E-state index contributed by atoms with van der Waals surface area (Å²) in [5.41, 5.74) is 1.42. The van der Waals surface area contributed by atoms with Gasteiger partial charge in [0.05, 0.1) is 7.11 Å². The third-order valence-corrected chi connectivity index (χ3v) is 3.61. The summed E-state index contributed by atoms with van der Waals surface area (Å²) in [7, 11) is 1.64. The van der Waals surface area contributed by atoms with Gasteiger partial charge in [0.2, 0.25) is 0 Å². The Bertz CT molecular complexity index is 661. The molecule has 1 aromatic carbocycles. The number of methoxy groups -OCH3 is 1. The van der Waals surface area contributed by atoms with E-state index in [4.69, 9.17) is 4.74 Å². The van der Waals surface area contributed by atoms with E-state index in [1.54, 1.807) is 13.2 Å². The van der Waals surface area contributed by atoms with Crippen molar-refractivity contribution in [2.45, 2.75) is 26.2 Å². The van der Waals surface area contributed by atoms with Gasteiger partial charge in [0.25, 0.3) is 5.91 Å². The fourth-order valence-electron chi connectivity index (χ4n) is 2.28. The first-order valence-corrected chi connectivity index (χ1v) is 8.20. The van der Waals surface area contributed by atoms with Crippen molar-refractivity contribution in [3.05, 3.63) is 47.9 Å². The molecule has 2 N–H and O–H groups in total. The first-order chi connectivity index (χ1) is 11.7. The molecule has 2 aromatic rings. The zero-order valence-electron chi connectivity index (χ0n) is 14.2. The predicted molar refractivity (Wildman–Crippen MR) is 94.5 cm³/mol. The Morgan fingerprint density at radius 1 is 1.21 bits per heavy atom. The molecule has 1 heterocycles. The number of unbranched alkanes of at least 4 members (excludes halogenated alkanes) is 1. The molecule has 6 heteroatoms. The quantitative estimate of drug-likeness (QED) is 0.692. The molecule has 0 aliphatic carbocycles. The summed E-state index contributed by atoms with van der Waals surface area (Å²) in [5.74, 6) is 1.30. The number of ether oxygens (including phenoxy) is 1. The molecule has 0 saturated heterocycles. The van der Waals surface area contributed by atoms with E-state index in [0.717, 1.165) is 30.7 Å². The minimum Gasteiger partial charge on any atom is -0.496 e. The number of aromatic nitrogens is 2. The van der Waals surface area contributed by atoms with Crippen LogP contribution in [0.1, 0.15) is 35.8 Å². The van der Waals surface area contributed by atoms with Gasteiger partial charge in [0, 0.05) is 19.2 Å². The number of hydrogen-bond acceptors (Lipinski definition) is 5. The van der Waals surface area contributed by atoms with Crippen LogP contribution in [0.15, 0.2) is 36.7 Å². The van der Waals surface area contributed by atoms with Crippen LogP contribution in [0, 0.1) is 0 Å². The van der Waals surface area contributed by atoms with Crippen LogP contribution in [0.3, 0.4) is 0 Å². The molecule has 24 heavy (non-hydrogen) atoms. The Balaban J connectivity index is 1.87. The van der Waals surface area contributed by atoms with E-state index in [9.17, 15) is 4.79 Å². The highest BCUT2D eigenvalue weighted by Gasteiger charge is 2.09. The summed E-state index contributed by atoms with van der Waals surface area (Å²) >= 11 is 0. The van der Waals surface area contributed by atoms with Gasteiger partial charge in [-0.25, -0.2) is 9.97 Å². The molecular weight excluding hydrogens is 304 g/mol. The highest BCUT2D eigenvalue weighted by Crippen LogP contribution is 2.17.